The molecule has 0 spiro atoms. The van der Waals surface area contributed by atoms with Crippen molar-refractivity contribution in [3.05, 3.63) is 52.8 Å². The van der Waals surface area contributed by atoms with Crippen molar-refractivity contribution in [2.24, 2.45) is 7.05 Å². The Morgan fingerprint density at radius 3 is 2.41 bits per heavy atom. The van der Waals surface area contributed by atoms with Gasteiger partial charge >= 0.3 is 5.97 Å². The Balaban J connectivity index is 2.39. The predicted octanol–water partition coefficient (Wildman–Crippen LogP) is 1.45. The molecular formula is C18H23N3O5S. The van der Waals surface area contributed by atoms with Gasteiger partial charge in [0.25, 0.3) is 5.91 Å². The Morgan fingerprint density at radius 1 is 1.22 bits per heavy atom. The third-order valence-electron chi connectivity index (χ3n) is 4.47. The molecule has 2 N–H and O–H groups in total. The minimum absolute atomic E-state index is 0.0428. The number of benzene rings is 1. The van der Waals surface area contributed by atoms with Gasteiger partial charge in [0.2, 0.25) is 10.0 Å². The molecule has 1 aromatic heterocycles. The average Bonchev–Trinajstić information content (AvgIpc) is 2.97. The maximum Gasteiger partial charge on any atom is 0.330 e. The smallest absolute Gasteiger partial charge is 0.330 e. The summed E-state index contributed by atoms with van der Waals surface area (Å²) < 4.78 is 26.9. The molecule has 0 bridgehead atoms. The molecule has 1 amide bonds. The van der Waals surface area contributed by atoms with Crippen LogP contribution in [0.5, 0.6) is 0 Å². The molecule has 2 aromatic rings. The quantitative estimate of drug-likeness (QED) is 0.772. The van der Waals surface area contributed by atoms with Crippen molar-refractivity contribution in [1.29, 1.82) is 0 Å². The van der Waals surface area contributed by atoms with Gasteiger partial charge in [-0.05, 0) is 36.6 Å². The van der Waals surface area contributed by atoms with Crippen LogP contribution in [0.2, 0.25) is 0 Å². The molecule has 0 fully saturated rings. The number of carboxylic acids is 1. The van der Waals surface area contributed by atoms with Crippen LogP contribution in [0.1, 0.15) is 33.2 Å². The highest BCUT2D eigenvalue weighted by atomic mass is 32.2. The molecule has 1 unspecified atom stereocenters. The number of aromatic nitrogens is 1. The van der Waals surface area contributed by atoms with Crippen LogP contribution < -0.4 is 5.32 Å². The van der Waals surface area contributed by atoms with E-state index < -0.39 is 27.9 Å². The molecule has 2 rings (SSSR count). The summed E-state index contributed by atoms with van der Waals surface area (Å²) in [7, 11) is 0.604. The fraction of sp³-hybridized carbons (Fsp3) is 0.333. The standard InChI is InChI=1S/C18H23N3O5S/c1-11-7-6-8-14(12(11)2)16(18(23)24)19-17(22)15-9-13(10-21(15)5)27(25,26)20(3)4/h6-10,16H,1-5H3,(H,19,22)(H,23,24). The Kier molecular flexibility index (Phi) is 5.76. The topological polar surface area (TPSA) is 109 Å². The number of rotatable bonds is 6. The number of hydrogen-bond acceptors (Lipinski definition) is 4. The number of amides is 1. The van der Waals surface area contributed by atoms with Gasteiger partial charge in [0.1, 0.15) is 10.6 Å². The number of nitrogens with zero attached hydrogens (tertiary/aromatic N) is 2. The summed E-state index contributed by atoms with van der Waals surface area (Å²) in [5.74, 6) is -1.88. The highest BCUT2D eigenvalue weighted by molar-refractivity contribution is 7.89. The lowest BCUT2D eigenvalue weighted by atomic mass is 9.97. The fourth-order valence-electron chi connectivity index (χ4n) is 2.68. The summed E-state index contributed by atoms with van der Waals surface area (Å²) in [6.45, 7) is 3.65. The van der Waals surface area contributed by atoms with Crippen LogP contribution in [0.25, 0.3) is 0 Å². The molecule has 146 valence electrons. The van der Waals surface area contributed by atoms with Crippen LogP contribution in [0.4, 0.5) is 0 Å². The second-order valence-electron chi connectivity index (χ2n) is 6.49. The van der Waals surface area contributed by atoms with Gasteiger partial charge in [0.05, 0.1) is 0 Å². The van der Waals surface area contributed by atoms with Crippen molar-refractivity contribution < 1.29 is 23.1 Å². The molecular weight excluding hydrogens is 370 g/mol. The van der Waals surface area contributed by atoms with Crippen LogP contribution in [0, 0.1) is 13.8 Å². The van der Waals surface area contributed by atoms with Gasteiger partial charge in [-0.3, -0.25) is 4.79 Å². The monoisotopic (exact) mass is 393 g/mol. The predicted molar refractivity (Wildman–Crippen MR) is 100 cm³/mol. The van der Waals surface area contributed by atoms with Gasteiger partial charge in [-0.1, -0.05) is 18.2 Å². The number of aryl methyl sites for hydroxylation is 2. The van der Waals surface area contributed by atoms with Crippen LogP contribution in [0.15, 0.2) is 35.4 Å². The van der Waals surface area contributed by atoms with Gasteiger partial charge in [0.15, 0.2) is 6.04 Å². The summed E-state index contributed by atoms with van der Waals surface area (Å²) in [5, 5.41) is 12.1. The van der Waals surface area contributed by atoms with E-state index in [0.29, 0.717) is 5.56 Å². The van der Waals surface area contributed by atoms with E-state index in [1.165, 1.54) is 38.0 Å². The number of carbonyl (C=O) groups excluding carboxylic acids is 1. The van der Waals surface area contributed by atoms with E-state index >= 15 is 0 Å². The third kappa shape index (κ3) is 4.04. The Labute approximate surface area is 158 Å². The molecule has 1 aromatic carbocycles. The number of sulfonamides is 1. The second kappa shape index (κ2) is 7.53. The number of nitrogens with one attached hydrogen (secondary N) is 1. The van der Waals surface area contributed by atoms with Crippen molar-refractivity contribution in [2.75, 3.05) is 14.1 Å². The molecule has 8 nitrogen and oxygen atoms in total. The molecule has 1 atom stereocenters. The summed E-state index contributed by atoms with van der Waals surface area (Å²) in [6.07, 6.45) is 1.32. The second-order valence-corrected chi connectivity index (χ2v) is 8.65. The first-order valence-electron chi connectivity index (χ1n) is 8.15. The zero-order chi connectivity index (χ0) is 20.5. The Bertz CT molecular complexity index is 992. The molecule has 0 saturated heterocycles. The number of carbonyl (C=O) groups is 2. The fourth-order valence-corrected chi connectivity index (χ4v) is 3.65. The maximum atomic E-state index is 12.7. The van der Waals surface area contributed by atoms with E-state index in [2.05, 4.69) is 5.32 Å². The summed E-state index contributed by atoms with van der Waals surface area (Å²) in [5.41, 5.74) is 2.21. The number of carboxylic acid groups (broad SMARTS) is 1. The van der Waals surface area contributed by atoms with Crippen LogP contribution in [-0.4, -0.2) is 48.4 Å². The van der Waals surface area contributed by atoms with E-state index in [4.69, 9.17) is 0 Å². The molecule has 9 heteroatoms. The molecule has 0 radical (unpaired) electrons. The van der Waals surface area contributed by atoms with Gasteiger partial charge in [-0.2, -0.15) is 0 Å². The molecule has 0 aliphatic heterocycles. The molecule has 0 aliphatic rings. The summed E-state index contributed by atoms with van der Waals surface area (Å²) >= 11 is 0. The van der Waals surface area contributed by atoms with Crippen LogP contribution >= 0.6 is 0 Å². The lowest BCUT2D eigenvalue weighted by Gasteiger charge is -2.18. The van der Waals surface area contributed by atoms with Crippen molar-refractivity contribution >= 4 is 21.9 Å². The summed E-state index contributed by atoms with van der Waals surface area (Å²) in [6, 6.07) is 5.21. The first kappa shape index (κ1) is 20.7. The third-order valence-corrected chi connectivity index (χ3v) is 6.25. The summed E-state index contributed by atoms with van der Waals surface area (Å²) in [4.78, 5) is 24.4. The van der Waals surface area contributed by atoms with Gasteiger partial charge in [-0.25, -0.2) is 17.5 Å². The van der Waals surface area contributed by atoms with Gasteiger partial charge in [0, 0.05) is 27.3 Å². The van der Waals surface area contributed by atoms with Gasteiger partial charge in [-0.15, -0.1) is 0 Å². The zero-order valence-corrected chi connectivity index (χ0v) is 16.7. The lowest BCUT2D eigenvalue weighted by Crippen LogP contribution is -2.35. The Hall–Kier alpha value is -2.65. The van der Waals surface area contributed by atoms with Gasteiger partial charge < -0.3 is 15.0 Å². The van der Waals surface area contributed by atoms with Crippen molar-refractivity contribution in [2.45, 2.75) is 24.8 Å². The normalized spacial score (nSPS) is 12.8. The highest BCUT2D eigenvalue weighted by Crippen LogP contribution is 2.22. The average molecular weight is 393 g/mol. The van der Waals surface area contributed by atoms with Crippen LogP contribution in [-0.2, 0) is 21.9 Å². The minimum Gasteiger partial charge on any atom is -0.479 e. The van der Waals surface area contributed by atoms with Crippen LogP contribution in [0.3, 0.4) is 0 Å². The van der Waals surface area contributed by atoms with Crippen molar-refractivity contribution in [1.82, 2.24) is 14.2 Å². The van der Waals surface area contributed by atoms with Crippen molar-refractivity contribution in [3.63, 3.8) is 0 Å². The lowest BCUT2D eigenvalue weighted by molar-refractivity contribution is -0.139. The van der Waals surface area contributed by atoms with E-state index in [1.807, 2.05) is 13.0 Å². The first-order chi connectivity index (χ1) is 12.5. The minimum atomic E-state index is -3.71. The van der Waals surface area contributed by atoms with E-state index in [-0.39, 0.29) is 10.6 Å². The largest absolute Gasteiger partial charge is 0.479 e. The number of hydrogen-bond donors (Lipinski definition) is 2. The number of aliphatic carboxylic acids is 1. The molecule has 1 heterocycles. The van der Waals surface area contributed by atoms with E-state index in [1.54, 1.807) is 19.1 Å². The first-order valence-corrected chi connectivity index (χ1v) is 9.59. The molecule has 0 saturated carbocycles. The highest BCUT2D eigenvalue weighted by Gasteiger charge is 2.27. The SMILES string of the molecule is Cc1cccc(C(NC(=O)c2cc(S(=O)(=O)N(C)C)cn2C)C(=O)O)c1C. The Morgan fingerprint density at radius 2 is 1.85 bits per heavy atom. The van der Waals surface area contributed by atoms with E-state index in [0.717, 1.165) is 15.4 Å². The molecule has 27 heavy (non-hydrogen) atoms. The zero-order valence-electron chi connectivity index (χ0n) is 15.8. The van der Waals surface area contributed by atoms with Crippen molar-refractivity contribution in [3.8, 4) is 0 Å². The molecule has 0 aliphatic carbocycles. The van der Waals surface area contributed by atoms with E-state index in [9.17, 15) is 23.1 Å². The maximum absolute atomic E-state index is 12.7.